The van der Waals surface area contributed by atoms with Crippen LogP contribution < -0.4 is 14.8 Å². The third-order valence-corrected chi connectivity index (χ3v) is 4.90. The number of aromatic nitrogens is 1. The number of hydrogen-bond acceptors (Lipinski definition) is 4. The van der Waals surface area contributed by atoms with Crippen molar-refractivity contribution >= 4 is 0 Å². The lowest BCUT2D eigenvalue weighted by Gasteiger charge is -2.17. The first-order valence-electron chi connectivity index (χ1n) is 9.67. The Labute approximate surface area is 171 Å². The average Bonchev–Trinajstić information content (AvgIpc) is 2.72. The van der Waals surface area contributed by atoms with E-state index in [-0.39, 0.29) is 17.6 Å². The molecule has 152 valence electrons. The highest BCUT2D eigenvalue weighted by atomic mass is 19.1. The van der Waals surface area contributed by atoms with Gasteiger partial charge in [0.1, 0.15) is 12.4 Å². The molecule has 0 bridgehead atoms. The van der Waals surface area contributed by atoms with Crippen molar-refractivity contribution in [1.29, 1.82) is 0 Å². The summed E-state index contributed by atoms with van der Waals surface area (Å²) in [6.45, 7) is 7.24. The quantitative estimate of drug-likeness (QED) is 0.565. The zero-order valence-corrected chi connectivity index (χ0v) is 17.3. The molecular weight excluding hydrogens is 367 g/mol. The second-order valence-electron chi connectivity index (χ2n) is 7.17. The minimum absolute atomic E-state index is 0.0103. The van der Waals surface area contributed by atoms with Gasteiger partial charge in [-0.15, -0.1) is 0 Å². The number of benzene rings is 2. The van der Waals surface area contributed by atoms with Crippen LogP contribution in [0.4, 0.5) is 4.39 Å². The van der Waals surface area contributed by atoms with Gasteiger partial charge in [0.2, 0.25) is 0 Å². The topological polar surface area (TPSA) is 43.4 Å². The molecule has 0 unspecified atom stereocenters. The van der Waals surface area contributed by atoms with Crippen LogP contribution in [0.3, 0.4) is 0 Å². The number of pyridine rings is 1. The van der Waals surface area contributed by atoms with Gasteiger partial charge in [-0.3, -0.25) is 4.98 Å². The molecule has 4 nitrogen and oxygen atoms in total. The normalized spacial score (nSPS) is 11.9. The highest BCUT2D eigenvalue weighted by Crippen LogP contribution is 2.26. The van der Waals surface area contributed by atoms with Gasteiger partial charge in [-0.2, -0.15) is 0 Å². The van der Waals surface area contributed by atoms with Gasteiger partial charge in [0, 0.05) is 18.8 Å². The fourth-order valence-corrected chi connectivity index (χ4v) is 3.34. The number of rotatable bonds is 8. The molecule has 0 amide bonds. The predicted molar refractivity (Wildman–Crippen MR) is 113 cm³/mol. The van der Waals surface area contributed by atoms with Crippen LogP contribution in [0.15, 0.2) is 54.7 Å². The van der Waals surface area contributed by atoms with E-state index in [0.29, 0.717) is 13.2 Å². The van der Waals surface area contributed by atoms with E-state index in [4.69, 9.17) is 9.47 Å². The van der Waals surface area contributed by atoms with Gasteiger partial charge < -0.3 is 14.8 Å². The van der Waals surface area contributed by atoms with Gasteiger partial charge in [0.05, 0.1) is 12.8 Å². The lowest BCUT2D eigenvalue weighted by molar-refractivity contribution is 0.297. The maximum Gasteiger partial charge on any atom is 0.165 e. The van der Waals surface area contributed by atoms with Crippen LogP contribution in [0, 0.1) is 19.7 Å². The summed E-state index contributed by atoms with van der Waals surface area (Å²) in [6.07, 6.45) is 1.77. The fraction of sp³-hybridized carbons (Fsp3) is 0.292. The van der Waals surface area contributed by atoms with E-state index < -0.39 is 0 Å². The van der Waals surface area contributed by atoms with E-state index >= 15 is 0 Å². The zero-order valence-electron chi connectivity index (χ0n) is 17.3. The van der Waals surface area contributed by atoms with E-state index in [2.05, 4.69) is 22.4 Å². The van der Waals surface area contributed by atoms with Gasteiger partial charge in [-0.05, 0) is 67.3 Å². The molecule has 0 saturated carbocycles. The molecule has 0 spiro atoms. The van der Waals surface area contributed by atoms with Crippen molar-refractivity contribution in [3.63, 3.8) is 0 Å². The Morgan fingerprint density at radius 3 is 2.45 bits per heavy atom. The molecule has 0 fully saturated rings. The van der Waals surface area contributed by atoms with Crippen molar-refractivity contribution in [2.75, 3.05) is 7.11 Å². The number of methoxy groups -OCH3 is 1. The standard InChI is InChI=1S/C24H27FN2O2/c1-16-11-19(12-17(2)24(16)29-15-21-7-5-6-10-26-21)14-27-18(3)20-8-9-23(28-4)22(25)13-20/h5-13,18,27H,14-15H2,1-4H3/t18-/m1/s1. The number of nitrogens with zero attached hydrogens (tertiary/aromatic N) is 1. The lowest BCUT2D eigenvalue weighted by Crippen LogP contribution is -2.18. The summed E-state index contributed by atoms with van der Waals surface area (Å²) in [6, 6.07) is 15.1. The Hall–Kier alpha value is -2.92. The van der Waals surface area contributed by atoms with Gasteiger partial charge in [0.15, 0.2) is 11.6 Å². The number of hydrogen-bond donors (Lipinski definition) is 1. The monoisotopic (exact) mass is 394 g/mol. The molecule has 0 saturated heterocycles. The second kappa shape index (κ2) is 9.52. The first-order valence-corrected chi connectivity index (χ1v) is 9.67. The van der Waals surface area contributed by atoms with E-state index in [1.807, 2.05) is 45.0 Å². The molecule has 1 heterocycles. The highest BCUT2D eigenvalue weighted by Gasteiger charge is 2.11. The maximum absolute atomic E-state index is 13.9. The van der Waals surface area contributed by atoms with Crippen molar-refractivity contribution in [3.05, 3.63) is 88.5 Å². The van der Waals surface area contributed by atoms with Crippen molar-refractivity contribution in [2.45, 2.75) is 40.0 Å². The molecule has 3 rings (SSSR count). The summed E-state index contributed by atoms with van der Waals surface area (Å²) in [7, 11) is 1.47. The number of nitrogens with one attached hydrogen (secondary N) is 1. The molecule has 29 heavy (non-hydrogen) atoms. The first-order chi connectivity index (χ1) is 14.0. The minimum atomic E-state index is -0.347. The third kappa shape index (κ3) is 5.33. The smallest absolute Gasteiger partial charge is 0.165 e. The molecule has 0 aliphatic carbocycles. The van der Waals surface area contributed by atoms with E-state index in [9.17, 15) is 4.39 Å². The third-order valence-electron chi connectivity index (χ3n) is 4.90. The Morgan fingerprint density at radius 2 is 1.83 bits per heavy atom. The average molecular weight is 394 g/mol. The Morgan fingerprint density at radius 1 is 1.07 bits per heavy atom. The van der Waals surface area contributed by atoms with Crippen molar-refractivity contribution in [3.8, 4) is 11.5 Å². The zero-order chi connectivity index (χ0) is 20.8. The van der Waals surface area contributed by atoms with E-state index in [1.165, 1.54) is 13.2 Å². The lowest BCUT2D eigenvalue weighted by atomic mass is 10.0. The van der Waals surface area contributed by atoms with E-state index in [1.54, 1.807) is 12.3 Å². The van der Waals surface area contributed by atoms with Crippen molar-refractivity contribution < 1.29 is 13.9 Å². The maximum atomic E-state index is 13.9. The van der Waals surface area contributed by atoms with Crippen LogP contribution in [0.2, 0.25) is 0 Å². The molecule has 2 aromatic carbocycles. The van der Waals surface area contributed by atoms with Gasteiger partial charge in [0.25, 0.3) is 0 Å². The predicted octanol–water partition coefficient (Wildman–Crippen LogP) is 5.28. The summed E-state index contributed by atoms with van der Waals surface area (Å²) in [4.78, 5) is 4.30. The molecule has 1 N–H and O–H groups in total. The SMILES string of the molecule is COc1ccc([C@@H](C)NCc2cc(C)c(OCc3ccccn3)c(C)c2)cc1F. The summed E-state index contributed by atoms with van der Waals surface area (Å²) >= 11 is 0. The molecule has 0 aliphatic rings. The fourth-order valence-electron chi connectivity index (χ4n) is 3.34. The molecule has 1 aromatic heterocycles. The Balaban J connectivity index is 1.63. The first kappa shape index (κ1) is 20.8. The van der Waals surface area contributed by atoms with Crippen LogP contribution >= 0.6 is 0 Å². The number of aryl methyl sites for hydroxylation is 2. The summed E-state index contributed by atoms with van der Waals surface area (Å²) in [5.74, 6) is 0.804. The number of ether oxygens (including phenoxy) is 2. The number of halogens is 1. The molecule has 5 heteroatoms. The molecule has 3 aromatic rings. The summed E-state index contributed by atoms with van der Waals surface area (Å²) < 4.78 is 24.9. The Kier molecular flexibility index (Phi) is 6.83. The summed E-state index contributed by atoms with van der Waals surface area (Å²) in [5.41, 5.74) is 5.11. The molecular formula is C24H27FN2O2. The molecule has 0 radical (unpaired) electrons. The van der Waals surface area contributed by atoms with Gasteiger partial charge in [-0.25, -0.2) is 4.39 Å². The molecule has 1 atom stereocenters. The minimum Gasteiger partial charge on any atom is -0.494 e. The van der Waals surface area contributed by atoms with Crippen LogP contribution in [-0.4, -0.2) is 12.1 Å². The van der Waals surface area contributed by atoms with Gasteiger partial charge in [-0.1, -0.05) is 24.3 Å². The van der Waals surface area contributed by atoms with Crippen LogP contribution in [0.5, 0.6) is 11.5 Å². The van der Waals surface area contributed by atoms with Crippen LogP contribution in [0.25, 0.3) is 0 Å². The van der Waals surface area contributed by atoms with Crippen LogP contribution in [-0.2, 0) is 13.2 Å². The Bertz CT molecular complexity index is 937. The van der Waals surface area contributed by atoms with Crippen LogP contribution in [0.1, 0.15) is 40.9 Å². The molecule has 0 aliphatic heterocycles. The summed E-state index contributed by atoms with van der Waals surface area (Å²) in [5, 5.41) is 3.45. The van der Waals surface area contributed by atoms with Crippen molar-refractivity contribution in [2.24, 2.45) is 0 Å². The highest BCUT2D eigenvalue weighted by molar-refractivity contribution is 5.43. The van der Waals surface area contributed by atoms with E-state index in [0.717, 1.165) is 33.7 Å². The van der Waals surface area contributed by atoms with Crippen molar-refractivity contribution in [1.82, 2.24) is 10.3 Å². The largest absolute Gasteiger partial charge is 0.494 e. The second-order valence-corrected chi connectivity index (χ2v) is 7.17. The van der Waals surface area contributed by atoms with Gasteiger partial charge >= 0.3 is 0 Å².